The fourth-order valence-corrected chi connectivity index (χ4v) is 7.26. The molecule has 4 amide bonds. The van der Waals surface area contributed by atoms with Crippen molar-refractivity contribution in [2.75, 3.05) is 58.9 Å². The van der Waals surface area contributed by atoms with Crippen LogP contribution in [0, 0.1) is 0 Å². The summed E-state index contributed by atoms with van der Waals surface area (Å²) in [4.78, 5) is 110. The van der Waals surface area contributed by atoms with E-state index in [0.29, 0.717) is 5.56 Å². The van der Waals surface area contributed by atoms with Gasteiger partial charge in [-0.1, -0.05) is 54.6 Å². The molecule has 20 heteroatoms. The van der Waals surface area contributed by atoms with Crippen LogP contribution in [0.4, 0.5) is 4.79 Å². The van der Waals surface area contributed by atoms with Crippen molar-refractivity contribution in [1.29, 1.82) is 0 Å². The number of hydrogen-bond acceptors (Lipinski definition) is 16. The molecule has 3 aromatic rings. The van der Waals surface area contributed by atoms with Crippen molar-refractivity contribution in [1.82, 2.24) is 36.2 Å². The molecular formula is C56H83N7O13. The molecule has 1 atom stereocenters. The third kappa shape index (κ3) is 27.2. The standard InChI is InChI=1S/C56H83N7O13/c1-52(2,3)72-45(65)34-62(35-46(66)73-53(4,5)6)28-26-61(27-29-63(36-47(67)74-54(7,8)9)37-48(68)75-55(10,11)12)33-44(64)57-32-38-20-24-41(25-21-38)49(69)59-60-50(70)43(58-51(71)76-56(13,14)15)31-39-22-23-40-18-16-17-19-42(40)30-39/h16-25,30,43H,26-29,31-37H2,1-15H3,(H,57,64)(H,58,71)(H,59,69)(H,60,70)/t43-/m1/s1. The molecule has 3 aromatic carbocycles. The fraction of sp³-hybridized carbons (Fsp3) is 0.571. The van der Waals surface area contributed by atoms with Crippen molar-refractivity contribution < 1.29 is 62.0 Å². The monoisotopic (exact) mass is 1060 g/mol. The maximum Gasteiger partial charge on any atom is 0.408 e. The van der Waals surface area contributed by atoms with Gasteiger partial charge in [-0.15, -0.1) is 0 Å². The molecule has 0 aliphatic carbocycles. The zero-order valence-corrected chi connectivity index (χ0v) is 47.4. The molecule has 0 radical (unpaired) electrons. The summed E-state index contributed by atoms with van der Waals surface area (Å²) in [6, 6.07) is 18.7. The largest absolute Gasteiger partial charge is 0.459 e. The van der Waals surface area contributed by atoms with E-state index in [1.54, 1.807) is 131 Å². The van der Waals surface area contributed by atoms with Crippen molar-refractivity contribution in [3.05, 3.63) is 83.4 Å². The minimum absolute atomic E-state index is 0.0604. The van der Waals surface area contributed by atoms with Crippen LogP contribution >= 0.6 is 0 Å². The molecule has 76 heavy (non-hydrogen) atoms. The van der Waals surface area contributed by atoms with E-state index in [1.165, 1.54) is 12.1 Å². The van der Waals surface area contributed by atoms with Gasteiger partial charge in [0, 0.05) is 44.7 Å². The minimum Gasteiger partial charge on any atom is -0.459 e. The van der Waals surface area contributed by atoms with Gasteiger partial charge in [0.1, 0.15) is 34.0 Å². The van der Waals surface area contributed by atoms with Gasteiger partial charge in [-0.2, -0.15) is 0 Å². The van der Waals surface area contributed by atoms with Crippen LogP contribution < -0.4 is 21.5 Å². The van der Waals surface area contributed by atoms with Crippen molar-refractivity contribution in [3.63, 3.8) is 0 Å². The number of hydrazine groups is 1. The summed E-state index contributed by atoms with van der Waals surface area (Å²) in [5, 5.41) is 7.48. The first kappa shape index (κ1) is 63.7. The molecule has 0 bridgehead atoms. The van der Waals surface area contributed by atoms with Gasteiger partial charge in [-0.3, -0.25) is 59.1 Å². The van der Waals surface area contributed by atoms with Gasteiger partial charge in [-0.05, 0) is 138 Å². The zero-order chi connectivity index (χ0) is 57.2. The van der Waals surface area contributed by atoms with Gasteiger partial charge in [-0.25, -0.2) is 4.79 Å². The Labute approximate surface area is 448 Å². The van der Waals surface area contributed by atoms with Crippen molar-refractivity contribution in [2.24, 2.45) is 0 Å². The maximum absolute atomic E-state index is 13.7. The molecule has 4 N–H and O–H groups in total. The number of rotatable bonds is 23. The summed E-state index contributed by atoms with van der Waals surface area (Å²) >= 11 is 0. The fourth-order valence-electron chi connectivity index (χ4n) is 7.26. The Morgan fingerprint density at radius 2 is 0.868 bits per heavy atom. The highest BCUT2D eigenvalue weighted by Crippen LogP contribution is 2.18. The molecular weight excluding hydrogens is 979 g/mol. The zero-order valence-electron chi connectivity index (χ0n) is 47.4. The van der Waals surface area contributed by atoms with Gasteiger partial charge >= 0.3 is 30.0 Å². The van der Waals surface area contributed by atoms with Crippen LogP contribution in [-0.4, -0.2) is 155 Å². The Hall–Kier alpha value is -6.64. The van der Waals surface area contributed by atoms with Crippen molar-refractivity contribution >= 4 is 58.5 Å². The summed E-state index contributed by atoms with van der Waals surface area (Å²) < 4.78 is 27.7. The lowest BCUT2D eigenvalue weighted by Crippen LogP contribution is -2.53. The van der Waals surface area contributed by atoms with Crippen LogP contribution in [0.1, 0.15) is 125 Å². The number of carbonyl (C=O) groups excluding carboxylic acids is 8. The van der Waals surface area contributed by atoms with E-state index in [4.69, 9.17) is 23.7 Å². The predicted octanol–water partition coefficient (Wildman–Crippen LogP) is 5.63. The highest BCUT2D eigenvalue weighted by molar-refractivity contribution is 5.96. The normalized spacial score (nSPS) is 12.7. The first-order chi connectivity index (χ1) is 35.0. The Bertz CT molecular complexity index is 2330. The number of nitrogens with one attached hydrogen (secondary N) is 4. The number of nitrogens with zero attached hydrogens (tertiary/aromatic N) is 3. The summed E-state index contributed by atoms with van der Waals surface area (Å²) in [5.74, 6) is -3.99. The summed E-state index contributed by atoms with van der Waals surface area (Å²) in [6.07, 6.45) is -0.699. The predicted molar refractivity (Wildman–Crippen MR) is 287 cm³/mol. The topological polar surface area (TPSA) is 241 Å². The van der Waals surface area contributed by atoms with Crippen LogP contribution in [0.25, 0.3) is 10.8 Å². The molecule has 0 saturated carbocycles. The van der Waals surface area contributed by atoms with E-state index in [0.717, 1.165) is 16.3 Å². The Kier molecular flexibility index (Phi) is 23.4. The maximum atomic E-state index is 13.7. The lowest BCUT2D eigenvalue weighted by atomic mass is 10.0. The summed E-state index contributed by atoms with van der Waals surface area (Å²) in [7, 11) is 0. The SMILES string of the molecule is CC(C)(C)OC(=O)CN(CCN(CCN(CC(=O)OC(C)(C)C)CC(=O)OC(C)(C)C)CC(=O)NCc1ccc(C(=O)NNC(=O)[C@@H](Cc2ccc3ccccc3c2)NC(=O)OC(C)(C)C)cc1)CC(=O)OC(C)(C)C. The van der Waals surface area contributed by atoms with Crippen LogP contribution in [0.2, 0.25) is 0 Å². The molecule has 0 fully saturated rings. The second kappa shape index (κ2) is 27.9. The Morgan fingerprint density at radius 3 is 1.30 bits per heavy atom. The molecule has 0 aliphatic rings. The molecule has 0 aliphatic heterocycles. The average Bonchev–Trinajstić information content (AvgIpc) is 3.24. The van der Waals surface area contributed by atoms with Gasteiger partial charge < -0.3 is 34.3 Å². The van der Waals surface area contributed by atoms with Crippen molar-refractivity contribution in [3.8, 4) is 0 Å². The van der Waals surface area contributed by atoms with Crippen LogP contribution in [0.15, 0.2) is 66.7 Å². The molecule has 3 rings (SSSR count). The van der Waals surface area contributed by atoms with E-state index in [9.17, 15) is 38.4 Å². The molecule has 0 unspecified atom stereocenters. The average molecular weight is 1060 g/mol. The van der Waals surface area contributed by atoms with Crippen LogP contribution in [0.3, 0.4) is 0 Å². The third-order valence-electron chi connectivity index (χ3n) is 10.2. The Morgan fingerprint density at radius 1 is 0.461 bits per heavy atom. The number of hydrogen-bond donors (Lipinski definition) is 4. The molecule has 0 spiro atoms. The van der Waals surface area contributed by atoms with E-state index >= 15 is 0 Å². The number of amides is 4. The number of fused-ring (bicyclic) bond motifs is 1. The van der Waals surface area contributed by atoms with E-state index < -0.39 is 81.7 Å². The number of ether oxygens (including phenoxy) is 5. The second-order valence-electron chi connectivity index (χ2n) is 23.5. The number of benzene rings is 3. The smallest absolute Gasteiger partial charge is 0.408 e. The molecule has 0 aromatic heterocycles. The molecule has 0 saturated heterocycles. The van der Waals surface area contributed by atoms with E-state index in [1.807, 2.05) is 42.5 Å². The lowest BCUT2D eigenvalue weighted by Gasteiger charge is -2.30. The number of alkyl carbamates (subject to hydrolysis) is 1. The van der Waals surface area contributed by atoms with E-state index in [2.05, 4.69) is 21.5 Å². The Balaban J connectivity index is 1.77. The number of esters is 4. The quantitative estimate of drug-likeness (QED) is 0.0512. The summed E-state index contributed by atoms with van der Waals surface area (Å²) in [5.41, 5.74) is 2.45. The van der Waals surface area contributed by atoms with E-state index in [-0.39, 0.29) is 77.4 Å². The summed E-state index contributed by atoms with van der Waals surface area (Å²) in [6.45, 7) is 25.3. The first-order valence-electron chi connectivity index (χ1n) is 25.5. The van der Waals surface area contributed by atoms with Gasteiger partial charge in [0.25, 0.3) is 11.8 Å². The van der Waals surface area contributed by atoms with Gasteiger partial charge in [0.15, 0.2) is 0 Å². The van der Waals surface area contributed by atoms with Gasteiger partial charge in [0.2, 0.25) is 5.91 Å². The first-order valence-corrected chi connectivity index (χ1v) is 25.5. The molecule has 420 valence electrons. The highest BCUT2D eigenvalue weighted by atomic mass is 16.6. The third-order valence-corrected chi connectivity index (χ3v) is 10.2. The highest BCUT2D eigenvalue weighted by Gasteiger charge is 2.29. The molecule has 0 heterocycles. The van der Waals surface area contributed by atoms with Crippen molar-refractivity contribution in [2.45, 2.75) is 151 Å². The lowest BCUT2D eigenvalue weighted by molar-refractivity contribution is -0.162. The van der Waals surface area contributed by atoms with Gasteiger partial charge in [0.05, 0.1) is 32.7 Å². The van der Waals surface area contributed by atoms with Crippen LogP contribution in [0.5, 0.6) is 0 Å². The minimum atomic E-state index is -1.11. The van der Waals surface area contributed by atoms with Crippen LogP contribution in [-0.2, 0) is 65.4 Å². The second-order valence-corrected chi connectivity index (χ2v) is 23.5. The number of carbonyl (C=O) groups is 8. The molecule has 20 nitrogen and oxygen atoms in total.